The lowest BCUT2D eigenvalue weighted by Gasteiger charge is -2.22. The van der Waals surface area contributed by atoms with Crippen molar-refractivity contribution in [1.29, 1.82) is 0 Å². The van der Waals surface area contributed by atoms with E-state index in [0.717, 1.165) is 12.8 Å². The highest BCUT2D eigenvalue weighted by Crippen LogP contribution is 2.33. The number of allylic oxidation sites excluding steroid dienone is 3. The molecular weight excluding hydrogens is 238 g/mol. The van der Waals surface area contributed by atoms with Gasteiger partial charge in [0.1, 0.15) is 6.61 Å². The molecule has 3 heteroatoms. The number of amides is 1. The topological polar surface area (TPSA) is 29.5 Å². The predicted octanol–water partition coefficient (Wildman–Crippen LogP) is 3.46. The summed E-state index contributed by atoms with van der Waals surface area (Å²) in [5.74, 6) is 0.281. The van der Waals surface area contributed by atoms with Crippen LogP contribution in [0.2, 0.25) is 0 Å². The number of carbonyl (C=O) groups excluding carboxylic acids is 1. The lowest BCUT2D eigenvalue weighted by molar-refractivity contribution is 0.166. The Balaban J connectivity index is 1.89. The highest BCUT2D eigenvalue weighted by Gasteiger charge is 2.23. The molecule has 1 fully saturated rings. The van der Waals surface area contributed by atoms with Gasteiger partial charge in [-0.05, 0) is 24.0 Å². The quantitative estimate of drug-likeness (QED) is 0.757. The summed E-state index contributed by atoms with van der Waals surface area (Å²) >= 11 is 0. The Bertz CT molecular complexity index is 519. The first-order chi connectivity index (χ1) is 9.34. The van der Waals surface area contributed by atoms with Gasteiger partial charge in [-0.15, -0.1) is 0 Å². The van der Waals surface area contributed by atoms with E-state index in [2.05, 4.69) is 36.4 Å². The maximum Gasteiger partial charge on any atom is 0.413 e. The highest BCUT2D eigenvalue weighted by molar-refractivity contribution is 5.70. The van der Waals surface area contributed by atoms with Crippen molar-refractivity contribution in [3.05, 3.63) is 59.8 Å². The van der Waals surface area contributed by atoms with Crippen molar-refractivity contribution in [3.63, 3.8) is 0 Å². The molecule has 98 valence electrons. The zero-order chi connectivity index (χ0) is 13.1. The zero-order valence-corrected chi connectivity index (χ0v) is 10.8. The molecule has 3 rings (SSSR count). The van der Waals surface area contributed by atoms with Gasteiger partial charge in [0, 0.05) is 12.1 Å². The molecule has 1 amide bonds. The fraction of sp³-hybridized carbons (Fsp3) is 0.312. The van der Waals surface area contributed by atoms with E-state index in [0.29, 0.717) is 13.2 Å². The van der Waals surface area contributed by atoms with Crippen LogP contribution in [0.5, 0.6) is 0 Å². The number of cyclic esters (lactones) is 1. The van der Waals surface area contributed by atoms with Crippen LogP contribution in [0.15, 0.2) is 54.3 Å². The van der Waals surface area contributed by atoms with Gasteiger partial charge in [0.25, 0.3) is 0 Å². The molecule has 1 aliphatic carbocycles. The van der Waals surface area contributed by atoms with Crippen LogP contribution in [0, 0.1) is 0 Å². The van der Waals surface area contributed by atoms with Crippen molar-refractivity contribution in [2.75, 3.05) is 13.2 Å². The van der Waals surface area contributed by atoms with E-state index in [4.69, 9.17) is 4.74 Å². The molecule has 1 aromatic carbocycles. The van der Waals surface area contributed by atoms with Crippen LogP contribution in [0.3, 0.4) is 0 Å². The molecule has 0 bridgehead atoms. The van der Waals surface area contributed by atoms with Gasteiger partial charge < -0.3 is 4.74 Å². The Hall–Kier alpha value is -2.03. The Kier molecular flexibility index (Phi) is 3.36. The summed E-state index contributed by atoms with van der Waals surface area (Å²) in [7, 11) is 0. The first kappa shape index (κ1) is 12.0. The van der Waals surface area contributed by atoms with E-state index in [1.807, 2.05) is 12.3 Å². The van der Waals surface area contributed by atoms with Crippen LogP contribution in [0.25, 0.3) is 0 Å². The summed E-state index contributed by atoms with van der Waals surface area (Å²) in [5.41, 5.74) is 2.56. The molecule has 1 atom stereocenters. The molecule has 1 aliphatic heterocycles. The van der Waals surface area contributed by atoms with E-state index in [1.165, 1.54) is 11.1 Å². The van der Waals surface area contributed by atoms with Gasteiger partial charge >= 0.3 is 6.09 Å². The van der Waals surface area contributed by atoms with Crippen molar-refractivity contribution < 1.29 is 9.53 Å². The van der Waals surface area contributed by atoms with Crippen LogP contribution in [-0.2, 0) is 4.74 Å². The average Bonchev–Trinajstić information content (AvgIpc) is 2.86. The summed E-state index contributed by atoms with van der Waals surface area (Å²) in [6.45, 7) is 1.15. The van der Waals surface area contributed by atoms with Gasteiger partial charge in [0.05, 0.1) is 6.54 Å². The molecule has 0 radical (unpaired) electrons. The van der Waals surface area contributed by atoms with Crippen LogP contribution in [-0.4, -0.2) is 24.1 Å². The zero-order valence-electron chi connectivity index (χ0n) is 10.8. The molecule has 1 unspecified atom stereocenters. The molecule has 3 nitrogen and oxygen atoms in total. The number of rotatable bonds is 2. The van der Waals surface area contributed by atoms with Crippen molar-refractivity contribution >= 4 is 6.09 Å². The molecule has 0 N–H and O–H groups in total. The first-order valence-corrected chi connectivity index (χ1v) is 6.70. The van der Waals surface area contributed by atoms with E-state index >= 15 is 0 Å². The van der Waals surface area contributed by atoms with E-state index in [-0.39, 0.29) is 12.0 Å². The second-order valence-electron chi connectivity index (χ2n) is 4.87. The minimum Gasteiger partial charge on any atom is -0.447 e. The van der Waals surface area contributed by atoms with Crippen molar-refractivity contribution in [3.8, 4) is 0 Å². The molecule has 1 saturated heterocycles. The minimum atomic E-state index is -0.228. The fourth-order valence-corrected chi connectivity index (χ4v) is 2.61. The fourth-order valence-electron chi connectivity index (χ4n) is 2.61. The third-order valence-electron chi connectivity index (χ3n) is 3.60. The number of ether oxygens (including phenoxy) is 1. The Labute approximate surface area is 113 Å². The molecule has 1 heterocycles. The number of carbonyl (C=O) groups is 1. The van der Waals surface area contributed by atoms with E-state index < -0.39 is 0 Å². The van der Waals surface area contributed by atoms with Crippen LogP contribution in [0.1, 0.15) is 24.3 Å². The third kappa shape index (κ3) is 2.55. The van der Waals surface area contributed by atoms with E-state index in [9.17, 15) is 4.79 Å². The van der Waals surface area contributed by atoms with Crippen LogP contribution >= 0.6 is 0 Å². The van der Waals surface area contributed by atoms with Crippen molar-refractivity contribution in [2.45, 2.75) is 18.8 Å². The molecular formula is C16H17NO2. The number of nitrogens with zero attached hydrogens (tertiary/aromatic N) is 1. The first-order valence-electron chi connectivity index (χ1n) is 6.70. The molecule has 19 heavy (non-hydrogen) atoms. The van der Waals surface area contributed by atoms with Gasteiger partial charge in [-0.3, -0.25) is 4.90 Å². The standard InChI is InChI=1S/C16H17NO2/c18-16-17(10-11-19-16)12-14-8-4-5-9-15(14)13-6-2-1-3-7-13/h1-3,5-7,9,12,15H,4,8,10-11H2/b14-12+. The normalized spacial score (nSPS) is 24.8. The summed E-state index contributed by atoms with van der Waals surface area (Å²) < 4.78 is 4.97. The highest BCUT2D eigenvalue weighted by atomic mass is 16.6. The second kappa shape index (κ2) is 5.31. The molecule has 0 saturated carbocycles. The van der Waals surface area contributed by atoms with Crippen LogP contribution < -0.4 is 0 Å². The lowest BCUT2D eigenvalue weighted by atomic mass is 9.85. The summed E-state index contributed by atoms with van der Waals surface area (Å²) in [4.78, 5) is 13.2. The van der Waals surface area contributed by atoms with E-state index in [1.54, 1.807) is 4.90 Å². The third-order valence-corrected chi connectivity index (χ3v) is 3.60. The predicted molar refractivity (Wildman–Crippen MR) is 73.7 cm³/mol. The van der Waals surface area contributed by atoms with Crippen molar-refractivity contribution in [2.24, 2.45) is 0 Å². The SMILES string of the molecule is O=C1OCCN1/C=C1\CCC=CC1c1ccccc1. The molecule has 1 aromatic rings. The summed E-state index contributed by atoms with van der Waals surface area (Å²) in [5, 5.41) is 0. The lowest BCUT2D eigenvalue weighted by Crippen LogP contribution is -2.19. The number of hydrogen-bond donors (Lipinski definition) is 0. The number of benzene rings is 1. The summed E-state index contributed by atoms with van der Waals surface area (Å²) in [6, 6.07) is 10.4. The minimum absolute atomic E-state index is 0.228. The number of hydrogen-bond acceptors (Lipinski definition) is 2. The van der Waals surface area contributed by atoms with Gasteiger partial charge in [-0.25, -0.2) is 4.79 Å². The molecule has 2 aliphatic rings. The van der Waals surface area contributed by atoms with Gasteiger partial charge in [-0.1, -0.05) is 42.5 Å². The Morgan fingerprint density at radius 1 is 1.26 bits per heavy atom. The molecule has 0 aromatic heterocycles. The summed E-state index contributed by atoms with van der Waals surface area (Å²) in [6.07, 6.45) is 8.24. The van der Waals surface area contributed by atoms with Gasteiger partial charge in [0.2, 0.25) is 0 Å². The van der Waals surface area contributed by atoms with Crippen molar-refractivity contribution in [1.82, 2.24) is 4.90 Å². The average molecular weight is 255 g/mol. The largest absolute Gasteiger partial charge is 0.447 e. The maximum atomic E-state index is 11.5. The molecule has 0 spiro atoms. The maximum absolute atomic E-state index is 11.5. The smallest absolute Gasteiger partial charge is 0.413 e. The monoisotopic (exact) mass is 255 g/mol. The van der Waals surface area contributed by atoms with Crippen LogP contribution in [0.4, 0.5) is 4.79 Å². The second-order valence-corrected chi connectivity index (χ2v) is 4.87. The Morgan fingerprint density at radius 3 is 2.84 bits per heavy atom. The van der Waals surface area contributed by atoms with Gasteiger partial charge in [-0.2, -0.15) is 0 Å². The van der Waals surface area contributed by atoms with Gasteiger partial charge in [0.15, 0.2) is 0 Å². The Morgan fingerprint density at radius 2 is 2.11 bits per heavy atom.